The van der Waals surface area contributed by atoms with E-state index in [0.29, 0.717) is 0 Å². The van der Waals surface area contributed by atoms with Gasteiger partial charge in [-0.1, -0.05) is 75.4 Å². The SMILES string of the molecule is CC(C)(C)[Si](C)(C)Oc1ccc(C2=CCN(C[C@@H]3CCC=C(c4ccccc4)C3)CC2)cc1. The molecule has 1 atom stereocenters. The second-order valence-corrected chi connectivity index (χ2v) is 16.1. The molecule has 2 aromatic carbocycles. The van der Waals surface area contributed by atoms with Gasteiger partial charge in [-0.15, -0.1) is 0 Å². The Morgan fingerprint density at radius 1 is 0.909 bits per heavy atom. The highest BCUT2D eigenvalue weighted by atomic mass is 28.4. The van der Waals surface area contributed by atoms with Gasteiger partial charge in [0, 0.05) is 19.6 Å². The van der Waals surface area contributed by atoms with Crippen molar-refractivity contribution in [3.8, 4) is 5.75 Å². The van der Waals surface area contributed by atoms with Crippen molar-refractivity contribution in [2.75, 3.05) is 19.6 Å². The lowest BCUT2D eigenvalue weighted by molar-refractivity contribution is 0.244. The van der Waals surface area contributed by atoms with Gasteiger partial charge in [-0.25, -0.2) is 0 Å². The molecular formula is C30H41NOSi. The fraction of sp³-hybridized carbons (Fsp3) is 0.467. The monoisotopic (exact) mass is 459 g/mol. The summed E-state index contributed by atoms with van der Waals surface area (Å²) in [5.74, 6) is 1.79. The van der Waals surface area contributed by atoms with Crippen LogP contribution in [0.5, 0.6) is 5.75 Å². The van der Waals surface area contributed by atoms with Crippen LogP contribution in [0.3, 0.4) is 0 Å². The molecule has 2 aliphatic rings. The Morgan fingerprint density at radius 3 is 2.24 bits per heavy atom. The summed E-state index contributed by atoms with van der Waals surface area (Å²) in [4.78, 5) is 2.65. The largest absolute Gasteiger partial charge is 0.544 e. The maximum absolute atomic E-state index is 6.46. The highest BCUT2D eigenvalue weighted by Crippen LogP contribution is 2.38. The second kappa shape index (κ2) is 10.0. The van der Waals surface area contributed by atoms with Crippen molar-refractivity contribution in [1.82, 2.24) is 4.90 Å². The minimum Gasteiger partial charge on any atom is -0.544 e. The Bertz CT molecular complexity index is 982. The predicted molar refractivity (Wildman–Crippen MR) is 145 cm³/mol. The molecule has 2 aromatic rings. The molecule has 3 heteroatoms. The van der Waals surface area contributed by atoms with E-state index in [2.05, 4.69) is 106 Å². The number of hydrogen-bond acceptors (Lipinski definition) is 2. The van der Waals surface area contributed by atoms with Crippen LogP contribution >= 0.6 is 0 Å². The first kappa shape index (κ1) is 24.0. The molecule has 0 saturated carbocycles. The third-order valence-electron chi connectivity index (χ3n) is 7.83. The van der Waals surface area contributed by atoms with E-state index in [1.165, 1.54) is 42.5 Å². The first-order valence-corrected chi connectivity index (χ1v) is 15.6. The van der Waals surface area contributed by atoms with E-state index in [4.69, 9.17) is 4.43 Å². The third-order valence-corrected chi connectivity index (χ3v) is 12.2. The Hall–Kier alpha value is -2.10. The van der Waals surface area contributed by atoms with Crippen molar-refractivity contribution in [2.45, 2.75) is 64.6 Å². The Morgan fingerprint density at radius 2 is 1.61 bits per heavy atom. The smallest absolute Gasteiger partial charge is 0.250 e. The second-order valence-electron chi connectivity index (χ2n) is 11.4. The molecule has 0 aromatic heterocycles. The van der Waals surface area contributed by atoms with Gasteiger partial charge >= 0.3 is 0 Å². The van der Waals surface area contributed by atoms with Gasteiger partial charge in [-0.2, -0.15) is 0 Å². The minimum atomic E-state index is -1.79. The van der Waals surface area contributed by atoms with Gasteiger partial charge in [0.2, 0.25) is 8.32 Å². The molecule has 1 heterocycles. The van der Waals surface area contributed by atoms with E-state index in [1.54, 1.807) is 5.57 Å². The normalized spacial score (nSPS) is 20.2. The maximum Gasteiger partial charge on any atom is 0.250 e. The van der Waals surface area contributed by atoms with Crippen LogP contribution in [-0.4, -0.2) is 32.9 Å². The molecule has 176 valence electrons. The molecule has 0 fully saturated rings. The quantitative estimate of drug-likeness (QED) is 0.405. The fourth-order valence-corrected chi connectivity index (χ4v) is 5.75. The summed E-state index contributed by atoms with van der Waals surface area (Å²) in [5.41, 5.74) is 5.78. The zero-order valence-electron chi connectivity index (χ0n) is 21.2. The highest BCUT2D eigenvalue weighted by molar-refractivity contribution is 6.74. The van der Waals surface area contributed by atoms with Crippen molar-refractivity contribution in [3.63, 3.8) is 0 Å². The summed E-state index contributed by atoms with van der Waals surface area (Å²) < 4.78 is 6.46. The molecule has 0 N–H and O–H groups in total. The summed E-state index contributed by atoms with van der Waals surface area (Å²) >= 11 is 0. The van der Waals surface area contributed by atoms with E-state index >= 15 is 0 Å². The summed E-state index contributed by atoms with van der Waals surface area (Å²) in [7, 11) is -1.79. The Kier molecular flexibility index (Phi) is 7.30. The van der Waals surface area contributed by atoms with Gasteiger partial charge in [0.05, 0.1) is 0 Å². The van der Waals surface area contributed by atoms with Gasteiger partial charge < -0.3 is 4.43 Å². The molecule has 33 heavy (non-hydrogen) atoms. The van der Waals surface area contributed by atoms with Crippen LogP contribution in [0.1, 0.15) is 57.6 Å². The number of hydrogen-bond donors (Lipinski definition) is 0. The van der Waals surface area contributed by atoms with Crippen LogP contribution in [-0.2, 0) is 0 Å². The summed E-state index contributed by atoms with van der Waals surface area (Å²) in [5, 5.41) is 0.219. The summed E-state index contributed by atoms with van der Waals surface area (Å²) in [6.45, 7) is 14.9. The molecule has 2 nitrogen and oxygen atoms in total. The van der Waals surface area contributed by atoms with Crippen molar-refractivity contribution in [2.24, 2.45) is 5.92 Å². The van der Waals surface area contributed by atoms with Crippen LogP contribution in [0.25, 0.3) is 11.1 Å². The molecule has 1 aliphatic heterocycles. The molecule has 0 amide bonds. The molecule has 0 spiro atoms. The molecule has 1 aliphatic carbocycles. The average molecular weight is 460 g/mol. The van der Waals surface area contributed by atoms with Gasteiger partial charge in [-0.05, 0) is 84.1 Å². The zero-order chi connectivity index (χ0) is 23.5. The predicted octanol–water partition coefficient (Wildman–Crippen LogP) is 8.04. The van der Waals surface area contributed by atoms with E-state index in [9.17, 15) is 0 Å². The van der Waals surface area contributed by atoms with E-state index in [1.807, 2.05) is 0 Å². The van der Waals surface area contributed by atoms with E-state index in [0.717, 1.165) is 31.2 Å². The zero-order valence-corrected chi connectivity index (χ0v) is 22.2. The fourth-order valence-electron chi connectivity index (χ4n) is 4.72. The highest BCUT2D eigenvalue weighted by Gasteiger charge is 2.38. The number of benzene rings is 2. The topological polar surface area (TPSA) is 12.5 Å². The first-order valence-electron chi connectivity index (χ1n) is 12.7. The first-order chi connectivity index (χ1) is 15.7. The molecule has 0 saturated heterocycles. The van der Waals surface area contributed by atoms with Gasteiger partial charge in [0.25, 0.3) is 0 Å². The molecule has 4 rings (SSSR count). The summed E-state index contributed by atoms with van der Waals surface area (Å²) in [6, 6.07) is 19.8. The number of allylic oxidation sites excluding steroid dienone is 2. The van der Waals surface area contributed by atoms with Crippen LogP contribution in [0, 0.1) is 5.92 Å². The van der Waals surface area contributed by atoms with Crippen LogP contribution in [0.2, 0.25) is 18.1 Å². The lowest BCUT2D eigenvalue weighted by atomic mass is 9.85. The van der Waals surface area contributed by atoms with Gasteiger partial charge in [-0.3, -0.25) is 4.90 Å². The minimum absolute atomic E-state index is 0.219. The van der Waals surface area contributed by atoms with Crippen LogP contribution < -0.4 is 4.43 Å². The lowest BCUT2D eigenvalue weighted by Gasteiger charge is -2.36. The van der Waals surface area contributed by atoms with Gasteiger partial charge in [0.15, 0.2) is 0 Å². The van der Waals surface area contributed by atoms with Crippen molar-refractivity contribution >= 4 is 19.5 Å². The molecule has 0 radical (unpaired) electrons. The third kappa shape index (κ3) is 6.07. The maximum atomic E-state index is 6.46. The molecular weight excluding hydrogens is 418 g/mol. The van der Waals surface area contributed by atoms with Gasteiger partial charge in [0.1, 0.15) is 5.75 Å². The van der Waals surface area contributed by atoms with Crippen molar-refractivity contribution in [1.29, 1.82) is 0 Å². The number of rotatable bonds is 6. The van der Waals surface area contributed by atoms with Crippen LogP contribution in [0.15, 0.2) is 66.7 Å². The van der Waals surface area contributed by atoms with Crippen molar-refractivity contribution < 1.29 is 4.43 Å². The average Bonchev–Trinajstić information content (AvgIpc) is 2.80. The standard InChI is InChI=1S/C30H41NOSi/c1-30(2,3)33(4,5)32-29-16-14-26(15-17-29)27-18-20-31(21-19-27)23-24-10-9-13-28(22-24)25-11-7-6-8-12-25/h6-8,11-18,24H,9-10,19-23H2,1-5H3/t24-/m1/s1. The van der Waals surface area contributed by atoms with Crippen LogP contribution in [0.4, 0.5) is 0 Å². The van der Waals surface area contributed by atoms with Crippen molar-refractivity contribution in [3.05, 3.63) is 77.9 Å². The summed E-state index contributed by atoms with van der Waals surface area (Å²) in [6.07, 6.45) is 9.79. The molecule has 0 bridgehead atoms. The number of nitrogens with zero attached hydrogens (tertiary/aromatic N) is 1. The van der Waals surface area contributed by atoms with E-state index in [-0.39, 0.29) is 5.04 Å². The Balaban J connectivity index is 1.31. The Labute approximate surface area is 202 Å². The van der Waals surface area contributed by atoms with E-state index < -0.39 is 8.32 Å². The lowest BCUT2D eigenvalue weighted by Crippen LogP contribution is -2.43. The molecule has 0 unspecified atom stereocenters.